The van der Waals surface area contributed by atoms with Crippen LogP contribution in [0.25, 0.3) is 0 Å². The molecular formula is C17H33N3. The summed E-state index contributed by atoms with van der Waals surface area (Å²) in [4.78, 5) is 7.98. The Hall–Kier alpha value is -0.120. The average Bonchev–Trinajstić information content (AvgIpc) is 2.30. The lowest BCUT2D eigenvalue weighted by molar-refractivity contribution is -0.0683. The molecule has 3 fully saturated rings. The Morgan fingerprint density at radius 2 is 1.45 bits per heavy atom. The first-order valence-corrected chi connectivity index (χ1v) is 8.68. The van der Waals surface area contributed by atoms with Crippen LogP contribution in [0.3, 0.4) is 0 Å². The lowest BCUT2D eigenvalue weighted by Crippen LogP contribution is -2.62. The third-order valence-electron chi connectivity index (χ3n) is 5.96. The summed E-state index contributed by atoms with van der Waals surface area (Å²) in [6, 6.07) is 1.49. The first-order chi connectivity index (χ1) is 9.47. The molecule has 0 aromatic carbocycles. The minimum atomic E-state index is 0.699. The molecule has 3 rings (SSSR count). The second-order valence-electron chi connectivity index (χ2n) is 8.21. The van der Waals surface area contributed by atoms with E-state index in [1.165, 1.54) is 58.7 Å². The fourth-order valence-electron chi connectivity index (χ4n) is 4.22. The number of piperidine rings is 1. The van der Waals surface area contributed by atoms with Gasteiger partial charge in [-0.2, -0.15) is 0 Å². The molecule has 3 heterocycles. The smallest absolute Gasteiger partial charge is 0.00541 e. The van der Waals surface area contributed by atoms with Crippen LogP contribution in [-0.2, 0) is 0 Å². The van der Waals surface area contributed by atoms with Gasteiger partial charge in [0.25, 0.3) is 0 Å². The number of rotatable bonds is 4. The Balaban J connectivity index is 1.36. The van der Waals surface area contributed by atoms with Crippen LogP contribution in [0.4, 0.5) is 0 Å². The molecule has 0 saturated carbocycles. The van der Waals surface area contributed by atoms with Crippen LogP contribution in [0.15, 0.2) is 0 Å². The second-order valence-corrected chi connectivity index (χ2v) is 8.21. The number of hydrogen-bond acceptors (Lipinski definition) is 3. The third-order valence-corrected chi connectivity index (χ3v) is 5.96. The van der Waals surface area contributed by atoms with E-state index in [-0.39, 0.29) is 0 Å². The van der Waals surface area contributed by atoms with Crippen LogP contribution < -0.4 is 0 Å². The summed E-state index contributed by atoms with van der Waals surface area (Å²) in [6.45, 7) is 18.8. The Morgan fingerprint density at radius 1 is 0.900 bits per heavy atom. The van der Waals surface area contributed by atoms with Crippen molar-refractivity contribution in [2.45, 2.75) is 52.6 Å². The maximum atomic E-state index is 2.74. The Labute approximate surface area is 125 Å². The van der Waals surface area contributed by atoms with Gasteiger partial charge in [-0.1, -0.05) is 0 Å². The van der Waals surface area contributed by atoms with Crippen molar-refractivity contribution in [2.75, 3.05) is 45.8 Å². The van der Waals surface area contributed by atoms with Crippen molar-refractivity contribution in [3.63, 3.8) is 0 Å². The van der Waals surface area contributed by atoms with Crippen molar-refractivity contribution in [1.29, 1.82) is 0 Å². The zero-order chi connectivity index (χ0) is 14.3. The molecule has 20 heavy (non-hydrogen) atoms. The van der Waals surface area contributed by atoms with Gasteiger partial charge in [-0.15, -0.1) is 0 Å². The van der Waals surface area contributed by atoms with Crippen LogP contribution in [0.1, 0.15) is 40.5 Å². The van der Waals surface area contributed by atoms with E-state index in [1.54, 1.807) is 0 Å². The zero-order valence-electron chi connectivity index (χ0n) is 13.9. The fraction of sp³-hybridized carbons (Fsp3) is 1.00. The van der Waals surface area contributed by atoms with Crippen molar-refractivity contribution < 1.29 is 0 Å². The summed E-state index contributed by atoms with van der Waals surface area (Å²) < 4.78 is 0. The molecule has 0 bridgehead atoms. The normalized spacial score (nSPS) is 29.1. The maximum Gasteiger partial charge on any atom is 0.00541 e. The second kappa shape index (κ2) is 5.58. The predicted molar refractivity (Wildman–Crippen MR) is 85.0 cm³/mol. The highest BCUT2D eigenvalue weighted by molar-refractivity contribution is 4.99. The van der Waals surface area contributed by atoms with E-state index in [0.29, 0.717) is 5.41 Å². The van der Waals surface area contributed by atoms with Crippen LogP contribution in [0, 0.1) is 11.3 Å². The van der Waals surface area contributed by atoms with Crippen LogP contribution >= 0.6 is 0 Å². The molecule has 3 heteroatoms. The standard InChI is InChI=1S/C17H33N3/c1-14(2)19-10-16(11-19)9-18-7-5-17(6-8-18)12-20(13-17)15(3)4/h14-16H,5-13H2,1-4H3. The van der Waals surface area contributed by atoms with E-state index in [2.05, 4.69) is 42.4 Å². The largest absolute Gasteiger partial charge is 0.303 e. The van der Waals surface area contributed by atoms with Gasteiger partial charge in [0.2, 0.25) is 0 Å². The summed E-state index contributed by atoms with van der Waals surface area (Å²) in [6.07, 6.45) is 2.88. The molecular weight excluding hydrogens is 246 g/mol. The van der Waals surface area contributed by atoms with Gasteiger partial charge in [-0.05, 0) is 65.0 Å². The summed E-state index contributed by atoms with van der Waals surface area (Å²) in [5, 5.41) is 0. The molecule has 3 saturated heterocycles. The van der Waals surface area contributed by atoms with E-state index < -0.39 is 0 Å². The molecule has 1 spiro atoms. The van der Waals surface area contributed by atoms with Gasteiger partial charge in [0.1, 0.15) is 0 Å². The summed E-state index contributed by atoms with van der Waals surface area (Å²) in [5.41, 5.74) is 0.699. The Bertz CT molecular complexity index is 317. The maximum absolute atomic E-state index is 2.74. The molecule has 3 aliphatic rings. The van der Waals surface area contributed by atoms with Gasteiger partial charge in [0, 0.05) is 44.8 Å². The minimum Gasteiger partial charge on any atom is -0.303 e. The number of nitrogens with zero attached hydrogens (tertiary/aromatic N) is 3. The summed E-state index contributed by atoms with van der Waals surface area (Å²) >= 11 is 0. The summed E-state index contributed by atoms with van der Waals surface area (Å²) in [7, 11) is 0. The molecule has 0 atom stereocenters. The zero-order valence-corrected chi connectivity index (χ0v) is 13.9. The number of likely N-dealkylation sites (tertiary alicyclic amines) is 3. The highest BCUT2D eigenvalue weighted by Crippen LogP contribution is 2.41. The summed E-state index contributed by atoms with van der Waals surface area (Å²) in [5.74, 6) is 0.944. The van der Waals surface area contributed by atoms with Crippen molar-refractivity contribution in [1.82, 2.24) is 14.7 Å². The van der Waals surface area contributed by atoms with E-state index >= 15 is 0 Å². The van der Waals surface area contributed by atoms with Crippen LogP contribution in [0.5, 0.6) is 0 Å². The Kier molecular flexibility index (Phi) is 4.13. The van der Waals surface area contributed by atoms with Crippen molar-refractivity contribution in [3.05, 3.63) is 0 Å². The van der Waals surface area contributed by atoms with Crippen LogP contribution in [0.2, 0.25) is 0 Å². The molecule has 0 aliphatic carbocycles. The number of hydrogen-bond donors (Lipinski definition) is 0. The van der Waals surface area contributed by atoms with Gasteiger partial charge in [0.15, 0.2) is 0 Å². The first-order valence-electron chi connectivity index (χ1n) is 8.68. The van der Waals surface area contributed by atoms with E-state index in [4.69, 9.17) is 0 Å². The molecule has 0 amide bonds. The molecule has 0 unspecified atom stereocenters. The van der Waals surface area contributed by atoms with Gasteiger partial charge in [-0.25, -0.2) is 0 Å². The van der Waals surface area contributed by atoms with E-state index in [1.807, 2.05) is 0 Å². The molecule has 3 aliphatic heterocycles. The highest BCUT2D eigenvalue weighted by atomic mass is 15.3. The third kappa shape index (κ3) is 2.90. The molecule has 0 N–H and O–H groups in total. The van der Waals surface area contributed by atoms with Gasteiger partial charge in [0.05, 0.1) is 0 Å². The van der Waals surface area contributed by atoms with Crippen molar-refractivity contribution >= 4 is 0 Å². The SMILES string of the molecule is CC(C)N1CC(CN2CCC3(CC2)CN(C(C)C)C3)C1. The molecule has 0 aromatic rings. The van der Waals surface area contributed by atoms with Crippen LogP contribution in [-0.4, -0.2) is 72.6 Å². The fourth-order valence-corrected chi connectivity index (χ4v) is 4.22. The average molecular weight is 279 g/mol. The van der Waals surface area contributed by atoms with Gasteiger partial charge >= 0.3 is 0 Å². The highest BCUT2D eigenvalue weighted by Gasteiger charge is 2.45. The van der Waals surface area contributed by atoms with E-state index in [9.17, 15) is 0 Å². The first kappa shape index (κ1) is 14.8. The lowest BCUT2D eigenvalue weighted by atomic mass is 9.71. The van der Waals surface area contributed by atoms with Gasteiger partial charge in [-0.3, -0.25) is 4.90 Å². The molecule has 0 radical (unpaired) electrons. The lowest BCUT2D eigenvalue weighted by Gasteiger charge is -2.56. The molecule has 3 nitrogen and oxygen atoms in total. The van der Waals surface area contributed by atoms with Crippen molar-refractivity contribution in [3.8, 4) is 0 Å². The Morgan fingerprint density at radius 3 is 1.95 bits per heavy atom. The topological polar surface area (TPSA) is 9.72 Å². The quantitative estimate of drug-likeness (QED) is 0.780. The van der Waals surface area contributed by atoms with E-state index in [0.717, 1.165) is 18.0 Å². The minimum absolute atomic E-state index is 0.699. The van der Waals surface area contributed by atoms with Gasteiger partial charge < -0.3 is 9.80 Å². The molecule has 0 aromatic heterocycles. The molecule has 116 valence electrons. The van der Waals surface area contributed by atoms with Crippen molar-refractivity contribution in [2.24, 2.45) is 11.3 Å². The monoisotopic (exact) mass is 279 g/mol. The predicted octanol–water partition coefficient (Wildman–Crippen LogP) is 2.13.